The van der Waals surface area contributed by atoms with E-state index in [9.17, 15) is 9.18 Å². The van der Waals surface area contributed by atoms with Crippen LogP contribution in [0.1, 0.15) is 29.8 Å². The van der Waals surface area contributed by atoms with Crippen LogP contribution in [0, 0.1) is 5.82 Å². The number of amides is 1. The molecule has 0 aromatic heterocycles. The smallest absolute Gasteiger partial charge is 0.254 e. The van der Waals surface area contributed by atoms with Crippen LogP contribution < -0.4 is 5.32 Å². The lowest BCUT2D eigenvalue weighted by atomic mass is 9.84. The van der Waals surface area contributed by atoms with Crippen molar-refractivity contribution in [1.82, 2.24) is 5.32 Å². The van der Waals surface area contributed by atoms with E-state index in [1.165, 1.54) is 6.07 Å². The van der Waals surface area contributed by atoms with E-state index in [1.807, 2.05) is 44.2 Å². The fraction of sp³-hybridized carbons (Fsp3) is 0.235. The van der Waals surface area contributed by atoms with Crippen LogP contribution in [0.2, 0.25) is 0 Å². The Morgan fingerprint density at radius 2 is 1.81 bits per heavy atom. The standard InChI is InChI=1S/C17H17BrFNO/c1-17(2,12-7-4-3-5-8-12)11-20-16(21)13-9-6-10-14(18)15(13)19/h3-10H,11H2,1-2H3,(H,20,21). The number of nitrogens with one attached hydrogen (secondary N) is 1. The van der Waals surface area contributed by atoms with Gasteiger partial charge in [0.25, 0.3) is 5.91 Å². The Kier molecular flexibility index (Phi) is 4.78. The van der Waals surface area contributed by atoms with Gasteiger partial charge in [0.05, 0.1) is 10.0 Å². The third-order valence-electron chi connectivity index (χ3n) is 3.44. The quantitative estimate of drug-likeness (QED) is 0.875. The summed E-state index contributed by atoms with van der Waals surface area (Å²) in [6.45, 7) is 4.52. The van der Waals surface area contributed by atoms with E-state index in [2.05, 4.69) is 21.2 Å². The maximum atomic E-state index is 13.9. The normalized spacial score (nSPS) is 11.2. The van der Waals surface area contributed by atoms with E-state index in [0.29, 0.717) is 6.54 Å². The molecule has 0 aliphatic rings. The molecule has 2 rings (SSSR count). The zero-order valence-electron chi connectivity index (χ0n) is 12.0. The average Bonchev–Trinajstić information content (AvgIpc) is 2.49. The van der Waals surface area contributed by atoms with E-state index in [0.717, 1.165) is 5.56 Å². The third kappa shape index (κ3) is 3.70. The fourth-order valence-electron chi connectivity index (χ4n) is 2.07. The maximum absolute atomic E-state index is 13.9. The van der Waals surface area contributed by atoms with Gasteiger partial charge < -0.3 is 5.32 Å². The minimum atomic E-state index is -0.535. The summed E-state index contributed by atoms with van der Waals surface area (Å²) in [5.41, 5.74) is 0.951. The van der Waals surface area contributed by atoms with Gasteiger partial charge in [0.15, 0.2) is 0 Å². The van der Waals surface area contributed by atoms with Crippen molar-refractivity contribution in [3.8, 4) is 0 Å². The van der Waals surface area contributed by atoms with E-state index in [-0.39, 0.29) is 15.5 Å². The molecule has 0 unspecified atom stereocenters. The Labute approximate surface area is 132 Å². The summed E-state index contributed by atoms with van der Waals surface area (Å²) in [5, 5.41) is 2.81. The van der Waals surface area contributed by atoms with Crippen molar-refractivity contribution in [1.29, 1.82) is 0 Å². The number of rotatable bonds is 4. The van der Waals surface area contributed by atoms with E-state index >= 15 is 0 Å². The molecular weight excluding hydrogens is 333 g/mol. The zero-order valence-corrected chi connectivity index (χ0v) is 13.6. The minimum absolute atomic E-state index is 0.0493. The van der Waals surface area contributed by atoms with Crippen LogP contribution in [0.25, 0.3) is 0 Å². The van der Waals surface area contributed by atoms with Crippen molar-refractivity contribution >= 4 is 21.8 Å². The van der Waals surface area contributed by atoms with Crippen LogP contribution in [0.3, 0.4) is 0 Å². The number of benzene rings is 2. The highest BCUT2D eigenvalue weighted by Gasteiger charge is 2.22. The lowest BCUT2D eigenvalue weighted by molar-refractivity contribution is 0.0941. The Morgan fingerprint density at radius 1 is 1.14 bits per heavy atom. The Morgan fingerprint density at radius 3 is 2.48 bits per heavy atom. The molecule has 0 heterocycles. The monoisotopic (exact) mass is 349 g/mol. The first kappa shape index (κ1) is 15.7. The molecule has 0 bridgehead atoms. The number of carbonyl (C=O) groups excluding carboxylic acids is 1. The van der Waals surface area contributed by atoms with E-state index in [1.54, 1.807) is 12.1 Å². The average molecular weight is 350 g/mol. The molecule has 0 saturated heterocycles. The number of carbonyl (C=O) groups is 1. The van der Waals surface area contributed by atoms with Gasteiger partial charge in [-0.15, -0.1) is 0 Å². The largest absolute Gasteiger partial charge is 0.351 e. The van der Waals surface area contributed by atoms with Crippen molar-refractivity contribution in [2.24, 2.45) is 0 Å². The van der Waals surface area contributed by atoms with Gasteiger partial charge in [-0.25, -0.2) is 4.39 Å². The second kappa shape index (κ2) is 6.39. The lowest BCUT2D eigenvalue weighted by Crippen LogP contribution is -2.37. The van der Waals surface area contributed by atoms with E-state index < -0.39 is 11.7 Å². The zero-order chi connectivity index (χ0) is 15.5. The molecule has 0 radical (unpaired) electrons. The minimum Gasteiger partial charge on any atom is -0.351 e. The molecule has 0 atom stereocenters. The van der Waals surface area contributed by atoms with Crippen molar-refractivity contribution in [3.63, 3.8) is 0 Å². The van der Waals surface area contributed by atoms with Crippen LogP contribution in [0.5, 0.6) is 0 Å². The molecule has 0 spiro atoms. The Balaban J connectivity index is 2.09. The molecule has 0 saturated carbocycles. The summed E-state index contributed by atoms with van der Waals surface area (Å²) in [6.07, 6.45) is 0. The predicted molar refractivity (Wildman–Crippen MR) is 85.9 cm³/mol. The topological polar surface area (TPSA) is 29.1 Å². The molecule has 0 fully saturated rings. The SMILES string of the molecule is CC(C)(CNC(=O)c1cccc(Br)c1F)c1ccccc1. The fourth-order valence-corrected chi connectivity index (χ4v) is 2.43. The summed E-state index contributed by atoms with van der Waals surface area (Å²) in [6, 6.07) is 14.6. The molecule has 4 heteroatoms. The first-order valence-electron chi connectivity index (χ1n) is 6.69. The number of hydrogen-bond acceptors (Lipinski definition) is 1. The lowest BCUT2D eigenvalue weighted by Gasteiger charge is -2.25. The summed E-state index contributed by atoms with van der Waals surface area (Å²) >= 11 is 3.09. The third-order valence-corrected chi connectivity index (χ3v) is 4.05. The van der Waals surface area contributed by atoms with Gasteiger partial charge in [-0.1, -0.05) is 50.2 Å². The summed E-state index contributed by atoms with van der Waals surface area (Å²) in [7, 11) is 0. The van der Waals surface area contributed by atoms with Gasteiger partial charge in [-0.3, -0.25) is 4.79 Å². The molecule has 0 aliphatic heterocycles. The predicted octanol–water partition coefficient (Wildman–Crippen LogP) is 4.30. The van der Waals surface area contributed by atoms with Crippen LogP contribution in [-0.4, -0.2) is 12.5 Å². The molecule has 2 aromatic rings. The summed E-state index contributed by atoms with van der Waals surface area (Å²) in [5.74, 6) is -0.940. The summed E-state index contributed by atoms with van der Waals surface area (Å²) in [4.78, 5) is 12.1. The Hall–Kier alpha value is -1.68. The number of hydrogen-bond donors (Lipinski definition) is 1. The molecule has 0 aliphatic carbocycles. The van der Waals surface area contributed by atoms with Crippen molar-refractivity contribution < 1.29 is 9.18 Å². The first-order valence-corrected chi connectivity index (χ1v) is 7.49. The van der Waals surface area contributed by atoms with Crippen molar-refractivity contribution in [2.45, 2.75) is 19.3 Å². The van der Waals surface area contributed by atoms with Crippen molar-refractivity contribution in [3.05, 3.63) is 69.9 Å². The van der Waals surface area contributed by atoms with Gasteiger partial charge >= 0.3 is 0 Å². The van der Waals surface area contributed by atoms with E-state index in [4.69, 9.17) is 0 Å². The summed E-state index contributed by atoms with van der Waals surface area (Å²) < 4.78 is 14.2. The van der Waals surface area contributed by atoms with Gasteiger partial charge in [-0.05, 0) is 33.6 Å². The van der Waals surface area contributed by atoms with Gasteiger partial charge in [0.1, 0.15) is 5.82 Å². The molecule has 2 aromatic carbocycles. The van der Waals surface area contributed by atoms with Gasteiger partial charge in [0.2, 0.25) is 0 Å². The first-order chi connectivity index (χ1) is 9.92. The van der Waals surface area contributed by atoms with Crippen LogP contribution in [0.15, 0.2) is 53.0 Å². The van der Waals surface area contributed by atoms with Crippen LogP contribution in [-0.2, 0) is 5.41 Å². The molecule has 21 heavy (non-hydrogen) atoms. The molecule has 1 amide bonds. The maximum Gasteiger partial charge on any atom is 0.254 e. The highest BCUT2D eigenvalue weighted by Crippen LogP contribution is 2.22. The number of halogens is 2. The second-order valence-electron chi connectivity index (χ2n) is 5.53. The van der Waals surface area contributed by atoms with Gasteiger partial charge in [0, 0.05) is 12.0 Å². The molecule has 110 valence electrons. The van der Waals surface area contributed by atoms with Crippen LogP contribution >= 0.6 is 15.9 Å². The van der Waals surface area contributed by atoms with Crippen LogP contribution in [0.4, 0.5) is 4.39 Å². The molecule has 1 N–H and O–H groups in total. The molecule has 2 nitrogen and oxygen atoms in total. The highest BCUT2D eigenvalue weighted by molar-refractivity contribution is 9.10. The highest BCUT2D eigenvalue weighted by atomic mass is 79.9. The Bertz CT molecular complexity index is 640. The second-order valence-corrected chi connectivity index (χ2v) is 6.39. The molecular formula is C17H17BrFNO. The van der Waals surface area contributed by atoms with Gasteiger partial charge in [-0.2, -0.15) is 0 Å². The van der Waals surface area contributed by atoms with Crippen molar-refractivity contribution in [2.75, 3.05) is 6.54 Å².